The summed E-state index contributed by atoms with van der Waals surface area (Å²) in [5.41, 5.74) is 7.95. The zero-order chi connectivity index (χ0) is 13.7. The van der Waals surface area contributed by atoms with E-state index in [1.54, 1.807) is 7.11 Å². The van der Waals surface area contributed by atoms with Crippen LogP contribution in [0.1, 0.15) is 13.8 Å². The van der Waals surface area contributed by atoms with Crippen molar-refractivity contribution in [2.24, 2.45) is 0 Å². The molecule has 18 heavy (non-hydrogen) atoms. The standard InChI is InChI=1S/C14H25N3O/c1-6-17(11(2)10-16(3)4)14-8-7-12(18-5)9-13(14)15/h7-9,11H,6,10,15H2,1-5H3. The molecule has 0 saturated heterocycles. The van der Waals surface area contributed by atoms with Crippen molar-refractivity contribution in [3.63, 3.8) is 0 Å². The maximum atomic E-state index is 6.11. The summed E-state index contributed by atoms with van der Waals surface area (Å²) in [5.74, 6) is 0.799. The number of anilines is 2. The van der Waals surface area contributed by atoms with E-state index < -0.39 is 0 Å². The van der Waals surface area contributed by atoms with Crippen LogP contribution in [0.15, 0.2) is 18.2 Å². The summed E-state index contributed by atoms with van der Waals surface area (Å²) >= 11 is 0. The van der Waals surface area contributed by atoms with E-state index in [9.17, 15) is 0 Å². The molecule has 0 aliphatic heterocycles. The van der Waals surface area contributed by atoms with E-state index >= 15 is 0 Å². The number of nitrogens with zero attached hydrogens (tertiary/aromatic N) is 2. The van der Waals surface area contributed by atoms with Crippen LogP contribution in [0, 0.1) is 0 Å². The summed E-state index contributed by atoms with van der Waals surface area (Å²) in [4.78, 5) is 4.50. The van der Waals surface area contributed by atoms with Crippen molar-refractivity contribution in [2.75, 3.05) is 44.9 Å². The maximum Gasteiger partial charge on any atom is 0.121 e. The lowest BCUT2D eigenvalue weighted by molar-refractivity contribution is 0.373. The van der Waals surface area contributed by atoms with Gasteiger partial charge in [0.25, 0.3) is 0 Å². The first-order chi connectivity index (χ1) is 8.49. The Balaban J connectivity index is 2.94. The van der Waals surface area contributed by atoms with Crippen LogP contribution < -0.4 is 15.4 Å². The fourth-order valence-corrected chi connectivity index (χ4v) is 2.27. The van der Waals surface area contributed by atoms with Crippen LogP contribution in [0.4, 0.5) is 11.4 Å². The first-order valence-electron chi connectivity index (χ1n) is 6.34. The highest BCUT2D eigenvalue weighted by Gasteiger charge is 2.16. The minimum Gasteiger partial charge on any atom is -0.497 e. The second-order valence-electron chi connectivity index (χ2n) is 4.82. The first-order valence-corrected chi connectivity index (χ1v) is 6.34. The SMILES string of the molecule is CCN(c1ccc(OC)cc1N)C(C)CN(C)C. The summed E-state index contributed by atoms with van der Waals surface area (Å²) in [7, 11) is 5.82. The van der Waals surface area contributed by atoms with Crippen LogP contribution in [0.25, 0.3) is 0 Å². The monoisotopic (exact) mass is 251 g/mol. The van der Waals surface area contributed by atoms with E-state index in [1.165, 1.54) is 0 Å². The molecule has 0 aliphatic carbocycles. The summed E-state index contributed by atoms with van der Waals surface area (Å²) < 4.78 is 5.18. The third-order valence-electron chi connectivity index (χ3n) is 3.05. The molecule has 0 spiro atoms. The van der Waals surface area contributed by atoms with Crippen LogP contribution in [-0.2, 0) is 0 Å². The summed E-state index contributed by atoms with van der Waals surface area (Å²) in [6.45, 7) is 6.30. The Kier molecular flexibility index (Phi) is 5.28. The number of nitrogen functional groups attached to an aromatic ring is 1. The van der Waals surface area contributed by atoms with Gasteiger partial charge in [0.1, 0.15) is 5.75 Å². The lowest BCUT2D eigenvalue weighted by Crippen LogP contribution is -2.40. The van der Waals surface area contributed by atoms with Gasteiger partial charge in [-0.05, 0) is 40.1 Å². The maximum absolute atomic E-state index is 6.11. The van der Waals surface area contributed by atoms with Crippen LogP contribution in [0.2, 0.25) is 0 Å². The number of ether oxygens (including phenoxy) is 1. The molecule has 0 saturated carbocycles. The van der Waals surface area contributed by atoms with Crippen LogP contribution in [0.5, 0.6) is 5.75 Å². The zero-order valence-corrected chi connectivity index (χ0v) is 12.1. The highest BCUT2D eigenvalue weighted by molar-refractivity contribution is 5.69. The largest absolute Gasteiger partial charge is 0.497 e. The van der Waals surface area contributed by atoms with Crippen molar-refractivity contribution in [3.8, 4) is 5.75 Å². The molecule has 0 bridgehead atoms. The smallest absolute Gasteiger partial charge is 0.121 e. The second kappa shape index (κ2) is 6.50. The molecule has 1 unspecified atom stereocenters. The number of hydrogen-bond donors (Lipinski definition) is 1. The molecule has 0 fully saturated rings. The Labute approximate surface area is 110 Å². The number of nitrogens with two attached hydrogens (primary N) is 1. The van der Waals surface area contributed by atoms with Crippen LogP contribution in [-0.4, -0.2) is 45.2 Å². The predicted molar refractivity (Wildman–Crippen MR) is 78.4 cm³/mol. The zero-order valence-electron chi connectivity index (χ0n) is 12.1. The predicted octanol–water partition coefficient (Wildman–Crippen LogP) is 2.05. The number of likely N-dealkylation sites (N-methyl/N-ethyl adjacent to an activating group) is 2. The molecule has 1 rings (SSSR count). The molecule has 2 N–H and O–H groups in total. The molecule has 0 aliphatic rings. The van der Waals surface area contributed by atoms with E-state index in [1.807, 2.05) is 18.2 Å². The van der Waals surface area contributed by atoms with Crippen molar-refractivity contribution in [1.29, 1.82) is 0 Å². The third kappa shape index (κ3) is 3.53. The molecular weight excluding hydrogens is 226 g/mol. The molecule has 1 aromatic carbocycles. The third-order valence-corrected chi connectivity index (χ3v) is 3.05. The Bertz CT molecular complexity index is 379. The summed E-state index contributed by atoms with van der Waals surface area (Å²) in [6.07, 6.45) is 0. The molecule has 102 valence electrons. The fourth-order valence-electron chi connectivity index (χ4n) is 2.27. The Hall–Kier alpha value is -1.42. The average Bonchev–Trinajstić information content (AvgIpc) is 2.31. The molecule has 0 radical (unpaired) electrons. The normalized spacial score (nSPS) is 12.6. The van der Waals surface area contributed by atoms with E-state index in [2.05, 4.69) is 37.7 Å². The number of rotatable bonds is 6. The van der Waals surface area contributed by atoms with Crippen molar-refractivity contribution < 1.29 is 4.74 Å². The molecule has 0 amide bonds. The molecule has 4 heteroatoms. The van der Waals surface area contributed by atoms with Gasteiger partial charge in [0.05, 0.1) is 18.5 Å². The minimum atomic E-state index is 0.417. The van der Waals surface area contributed by atoms with Crippen molar-refractivity contribution in [1.82, 2.24) is 4.90 Å². The highest BCUT2D eigenvalue weighted by atomic mass is 16.5. The van der Waals surface area contributed by atoms with Crippen LogP contribution in [0.3, 0.4) is 0 Å². The van der Waals surface area contributed by atoms with E-state index in [-0.39, 0.29) is 0 Å². The lowest BCUT2D eigenvalue weighted by Gasteiger charge is -2.33. The van der Waals surface area contributed by atoms with Gasteiger partial charge in [-0.15, -0.1) is 0 Å². The Morgan fingerprint density at radius 3 is 2.44 bits per heavy atom. The average molecular weight is 251 g/mol. The number of hydrogen-bond acceptors (Lipinski definition) is 4. The van der Waals surface area contributed by atoms with Gasteiger partial charge in [-0.1, -0.05) is 0 Å². The summed E-state index contributed by atoms with van der Waals surface area (Å²) in [5, 5.41) is 0. The van der Waals surface area contributed by atoms with Crippen LogP contribution >= 0.6 is 0 Å². The number of benzene rings is 1. The Morgan fingerprint density at radius 1 is 1.33 bits per heavy atom. The van der Waals surface area contributed by atoms with E-state index in [0.29, 0.717) is 6.04 Å². The van der Waals surface area contributed by atoms with Gasteiger partial charge in [-0.3, -0.25) is 0 Å². The van der Waals surface area contributed by atoms with Crippen molar-refractivity contribution in [3.05, 3.63) is 18.2 Å². The minimum absolute atomic E-state index is 0.417. The van der Waals surface area contributed by atoms with E-state index in [0.717, 1.165) is 30.2 Å². The molecule has 0 heterocycles. The lowest BCUT2D eigenvalue weighted by atomic mass is 10.2. The van der Waals surface area contributed by atoms with Gasteiger partial charge >= 0.3 is 0 Å². The van der Waals surface area contributed by atoms with Gasteiger partial charge < -0.3 is 20.3 Å². The molecule has 1 atom stereocenters. The second-order valence-corrected chi connectivity index (χ2v) is 4.82. The van der Waals surface area contributed by atoms with Gasteiger partial charge in [0.2, 0.25) is 0 Å². The summed E-state index contributed by atoms with van der Waals surface area (Å²) in [6, 6.07) is 6.28. The first kappa shape index (κ1) is 14.6. The molecular formula is C14H25N3O. The van der Waals surface area contributed by atoms with Gasteiger partial charge in [0.15, 0.2) is 0 Å². The molecule has 0 aromatic heterocycles. The number of methoxy groups -OCH3 is 1. The fraction of sp³-hybridized carbons (Fsp3) is 0.571. The quantitative estimate of drug-likeness (QED) is 0.786. The Morgan fingerprint density at radius 2 is 2.00 bits per heavy atom. The van der Waals surface area contributed by atoms with Gasteiger partial charge in [-0.2, -0.15) is 0 Å². The van der Waals surface area contributed by atoms with Gasteiger partial charge in [0, 0.05) is 25.2 Å². The highest BCUT2D eigenvalue weighted by Crippen LogP contribution is 2.28. The topological polar surface area (TPSA) is 41.7 Å². The molecule has 1 aromatic rings. The van der Waals surface area contributed by atoms with Crippen molar-refractivity contribution in [2.45, 2.75) is 19.9 Å². The van der Waals surface area contributed by atoms with E-state index in [4.69, 9.17) is 10.5 Å². The van der Waals surface area contributed by atoms with Gasteiger partial charge in [-0.25, -0.2) is 0 Å². The van der Waals surface area contributed by atoms with Crippen molar-refractivity contribution >= 4 is 11.4 Å². The molecule has 4 nitrogen and oxygen atoms in total.